The molecule has 0 saturated heterocycles. The van der Waals surface area contributed by atoms with Crippen LogP contribution in [-0.4, -0.2) is 52.4 Å². The van der Waals surface area contributed by atoms with Crippen LogP contribution in [0.3, 0.4) is 0 Å². The van der Waals surface area contributed by atoms with E-state index in [0.717, 1.165) is 0 Å². The summed E-state index contributed by atoms with van der Waals surface area (Å²) in [4.78, 5) is 44.8. The van der Waals surface area contributed by atoms with Crippen molar-refractivity contribution >= 4 is 33.7 Å². The van der Waals surface area contributed by atoms with Crippen molar-refractivity contribution < 1.29 is 32.1 Å². The first-order chi connectivity index (χ1) is 20.1. The first kappa shape index (κ1) is 30.8. The Kier molecular flexibility index (Phi) is 8.62. The van der Waals surface area contributed by atoms with Gasteiger partial charge in [-0.1, -0.05) is 29.4 Å². The Morgan fingerprint density at radius 1 is 0.953 bits per heavy atom. The third kappa shape index (κ3) is 7.40. The summed E-state index contributed by atoms with van der Waals surface area (Å²) in [6, 6.07) is 13.0. The van der Waals surface area contributed by atoms with Crippen molar-refractivity contribution in [3.05, 3.63) is 66.4 Å². The number of benzene rings is 2. The second-order valence-electron chi connectivity index (χ2n) is 10.7. The quantitative estimate of drug-likeness (QED) is 0.263. The van der Waals surface area contributed by atoms with Gasteiger partial charge in [0.25, 0.3) is 5.91 Å². The molecule has 4 rings (SSSR count). The maximum atomic E-state index is 12.6. The molecular weight excluding hydrogens is 576 g/mol. The van der Waals surface area contributed by atoms with Crippen LogP contribution in [0.2, 0.25) is 0 Å². The van der Waals surface area contributed by atoms with Gasteiger partial charge in [0.1, 0.15) is 11.3 Å². The molecule has 14 heteroatoms. The predicted octanol–water partition coefficient (Wildman–Crippen LogP) is 4.80. The highest BCUT2D eigenvalue weighted by Gasteiger charge is 2.23. The number of nitrogens with one attached hydrogen (secondary N) is 2. The number of amides is 4. The van der Waals surface area contributed by atoms with E-state index >= 15 is 0 Å². The predicted molar refractivity (Wildman–Crippen MR) is 158 cm³/mol. The number of hydrogen-bond donors (Lipinski definition) is 3. The highest BCUT2D eigenvalue weighted by Crippen LogP contribution is 2.32. The van der Waals surface area contributed by atoms with Crippen molar-refractivity contribution in [2.75, 3.05) is 5.32 Å². The third-order valence-electron chi connectivity index (χ3n) is 5.91. The molecule has 0 unspecified atom stereocenters. The maximum absolute atomic E-state index is 12.6. The van der Waals surface area contributed by atoms with Crippen LogP contribution in [0.1, 0.15) is 45.0 Å². The van der Waals surface area contributed by atoms with Crippen molar-refractivity contribution in [3.63, 3.8) is 0 Å². The van der Waals surface area contributed by atoms with Gasteiger partial charge in [0.15, 0.2) is 27.1 Å². The van der Waals surface area contributed by atoms with Gasteiger partial charge < -0.3 is 15.0 Å². The molecule has 4 amide bonds. The summed E-state index contributed by atoms with van der Waals surface area (Å²) >= 11 is 0. The number of nitrogens with zero attached hydrogens (tertiary/aromatic N) is 3. The Bertz CT molecular complexity index is 1780. The zero-order chi connectivity index (χ0) is 31.5. The number of urea groups is 1. The molecule has 43 heavy (non-hydrogen) atoms. The molecule has 0 aliphatic carbocycles. The molecule has 4 aromatic rings. The first-order valence-electron chi connectivity index (χ1n) is 13.0. The van der Waals surface area contributed by atoms with Crippen LogP contribution < -0.4 is 16.4 Å². The number of nitrogens with two attached hydrogens (primary N) is 1. The fourth-order valence-corrected chi connectivity index (χ4v) is 4.84. The van der Waals surface area contributed by atoms with Crippen molar-refractivity contribution in [2.45, 2.75) is 50.4 Å². The van der Waals surface area contributed by atoms with Crippen molar-refractivity contribution in [1.82, 2.24) is 20.4 Å². The average molecular weight is 607 g/mol. The second kappa shape index (κ2) is 12.0. The number of anilines is 1. The molecule has 224 valence electrons. The first-order valence-corrected chi connectivity index (χ1v) is 14.6. The minimum atomic E-state index is -3.46. The van der Waals surface area contributed by atoms with E-state index in [0.29, 0.717) is 22.5 Å². The van der Waals surface area contributed by atoms with Gasteiger partial charge in [-0.05, 0) is 58.9 Å². The van der Waals surface area contributed by atoms with E-state index in [1.807, 2.05) is 5.32 Å². The summed E-state index contributed by atoms with van der Waals surface area (Å²) in [5.41, 5.74) is 6.50. The lowest BCUT2D eigenvalue weighted by Crippen LogP contribution is -2.34. The molecule has 2 aromatic heterocycles. The number of carbonyl (C=O) groups excluding carboxylic acids is 3. The largest absolute Gasteiger partial charge is 0.444 e. The van der Waals surface area contributed by atoms with Crippen molar-refractivity contribution in [2.24, 2.45) is 5.73 Å². The van der Waals surface area contributed by atoms with Crippen LogP contribution in [0.25, 0.3) is 34.0 Å². The summed E-state index contributed by atoms with van der Waals surface area (Å²) in [6.45, 7) is 8.38. The molecule has 4 N–H and O–H groups in total. The number of rotatable bonds is 7. The molecule has 2 aromatic carbocycles. The fraction of sp³-hybridized carbons (Fsp3) is 0.241. The molecule has 0 aliphatic heterocycles. The summed E-state index contributed by atoms with van der Waals surface area (Å²) in [6.07, 6.45) is 0.665. The normalized spacial score (nSPS) is 11.7. The van der Waals surface area contributed by atoms with E-state index in [1.165, 1.54) is 30.5 Å². The fourth-order valence-electron chi connectivity index (χ4n) is 3.78. The number of ether oxygens (including phenoxy) is 1. The number of hydrogen-bond acceptors (Lipinski definition) is 10. The van der Waals surface area contributed by atoms with E-state index in [1.54, 1.807) is 65.0 Å². The van der Waals surface area contributed by atoms with E-state index in [9.17, 15) is 22.8 Å². The van der Waals surface area contributed by atoms with Gasteiger partial charge in [0, 0.05) is 22.8 Å². The van der Waals surface area contributed by atoms with Crippen LogP contribution >= 0.6 is 0 Å². The Hall–Kier alpha value is -5.11. The van der Waals surface area contributed by atoms with Gasteiger partial charge >= 0.3 is 12.1 Å². The third-order valence-corrected chi connectivity index (χ3v) is 8.08. The number of aromatic nitrogens is 3. The minimum Gasteiger partial charge on any atom is -0.444 e. The molecule has 0 saturated carbocycles. The van der Waals surface area contributed by atoms with Gasteiger partial charge in [-0.2, -0.15) is 0 Å². The SMILES string of the molecule is CC(C)S(=O)(=O)c1ccc(-c2cnc(NC(=O)OC(C)(C)C)c(-c3cc(-c4ccc(C(=O)NC(N)=O)cc4)no3)n2)cc1. The molecular formula is C29H30N6O7S. The minimum absolute atomic E-state index is 0.0400. The number of sulfone groups is 1. The Morgan fingerprint density at radius 2 is 1.56 bits per heavy atom. The molecule has 0 fully saturated rings. The van der Waals surface area contributed by atoms with E-state index in [4.69, 9.17) is 15.0 Å². The smallest absolute Gasteiger partial charge is 0.413 e. The standard InChI is InChI=1S/C29H30N6O7S/c1-16(2)43(39,40)20-12-10-18(11-13-20)22-15-31-25(33-28(38)41-29(3,4)5)24(32-22)23-14-21(35-42-23)17-6-8-19(9-7-17)26(36)34-27(30)37/h6-16H,1-5H3,(H,31,33,38)(H3,30,34,36,37). The van der Waals surface area contributed by atoms with Gasteiger partial charge in [0.05, 0.1) is 22.0 Å². The van der Waals surface area contributed by atoms with E-state index in [-0.39, 0.29) is 27.7 Å². The molecule has 2 heterocycles. The zero-order valence-electron chi connectivity index (χ0n) is 24.0. The van der Waals surface area contributed by atoms with E-state index < -0.39 is 38.7 Å². The Morgan fingerprint density at radius 3 is 2.14 bits per heavy atom. The van der Waals surface area contributed by atoms with Crippen molar-refractivity contribution in [3.8, 4) is 34.0 Å². The molecule has 0 spiro atoms. The van der Waals surface area contributed by atoms with E-state index in [2.05, 4.69) is 20.4 Å². The topological polar surface area (TPSA) is 196 Å². The highest BCUT2D eigenvalue weighted by molar-refractivity contribution is 7.92. The molecule has 0 aliphatic rings. The second-order valence-corrected chi connectivity index (χ2v) is 13.2. The molecule has 0 radical (unpaired) electrons. The lowest BCUT2D eigenvalue weighted by atomic mass is 10.1. The van der Waals surface area contributed by atoms with Crippen LogP contribution in [0.5, 0.6) is 0 Å². The van der Waals surface area contributed by atoms with Gasteiger partial charge in [-0.15, -0.1) is 0 Å². The summed E-state index contributed by atoms with van der Waals surface area (Å²) < 4.78 is 36.0. The Balaban J connectivity index is 1.70. The monoisotopic (exact) mass is 606 g/mol. The van der Waals surface area contributed by atoms with Crippen LogP contribution in [-0.2, 0) is 14.6 Å². The highest BCUT2D eigenvalue weighted by atomic mass is 32.2. The van der Waals surface area contributed by atoms with Gasteiger partial charge in [-0.25, -0.2) is 28.0 Å². The number of carbonyl (C=O) groups is 3. The summed E-state index contributed by atoms with van der Waals surface area (Å²) in [5, 5.41) is 8.09. The molecule has 13 nitrogen and oxygen atoms in total. The van der Waals surface area contributed by atoms with Crippen LogP contribution in [0.4, 0.5) is 15.4 Å². The van der Waals surface area contributed by atoms with Crippen molar-refractivity contribution in [1.29, 1.82) is 0 Å². The molecule has 0 bridgehead atoms. The lowest BCUT2D eigenvalue weighted by molar-refractivity contribution is 0.0635. The lowest BCUT2D eigenvalue weighted by Gasteiger charge is -2.19. The van der Waals surface area contributed by atoms with Crippen LogP contribution in [0, 0.1) is 0 Å². The van der Waals surface area contributed by atoms with Gasteiger partial charge in [0.2, 0.25) is 0 Å². The zero-order valence-corrected chi connectivity index (χ0v) is 24.9. The Labute approximate surface area is 247 Å². The maximum Gasteiger partial charge on any atom is 0.413 e. The summed E-state index contributed by atoms with van der Waals surface area (Å²) in [5.74, 6) is -0.456. The molecule has 0 atom stereocenters. The average Bonchev–Trinajstić information content (AvgIpc) is 3.42. The van der Waals surface area contributed by atoms with Crippen LogP contribution in [0.15, 0.2) is 70.2 Å². The number of primary amides is 1. The van der Waals surface area contributed by atoms with Gasteiger partial charge in [-0.3, -0.25) is 15.4 Å². The number of imide groups is 1. The summed E-state index contributed by atoms with van der Waals surface area (Å²) in [7, 11) is -3.46.